The molecule has 2 heterocycles. The van der Waals surface area contributed by atoms with Crippen LogP contribution in [0.2, 0.25) is 5.15 Å². The highest BCUT2D eigenvalue weighted by Crippen LogP contribution is 2.26. The summed E-state index contributed by atoms with van der Waals surface area (Å²) in [5.41, 5.74) is 0.758. The van der Waals surface area contributed by atoms with E-state index in [2.05, 4.69) is 9.97 Å². The monoisotopic (exact) mass is 381 g/mol. The number of hydrogen-bond donors (Lipinski definition) is 0. The molecule has 1 aromatic heterocycles. The molecule has 8 heteroatoms. The number of carbonyl (C=O) groups excluding carboxylic acids is 1. The number of amides is 1. The Balaban J connectivity index is 1.76. The molecule has 25 heavy (non-hydrogen) atoms. The van der Waals surface area contributed by atoms with E-state index in [4.69, 9.17) is 16.3 Å². The SMILES string of the molecule is CC(C)(C)OC(=O)N1CC[C@H]([S@](=O)c2nc3ccccc3nc2Cl)C1. The summed E-state index contributed by atoms with van der Waals surface area (Å²) in [5.74, 6) is 0. The van der Waals surface area contributed by atoms with Crippen molar-refractivity contribution < 1.29 is 13.7 Å². The first-order valence-corrected chi connectivity index (χ1v) is 9.64. The average molecular weight is 382 g/mol. The van der Waals surface area contributed by atoms with Gasteiger partial charge in [-0.15, -0.1) is 0 Å². The molecule has 2 aromatic rings. The van der Waals surface area contributed by atoms with E-state index in [9.17, 15) is 9.00 Å². The molecule has 1 amide bonds. The maximum absolute atomic E-state index is 12.9. The summed E-state index contributed by atoms with van der Waals surface area (Å²) in [6, 6.07) is 7.30. The third-order valence-corrected chi connectivity index (χ3v) is 5.82. The van der Waals surface area contributed by atoms with Crippen molar-refractivity contribution in [3.8, 4) is 0 Å². The lowest BCUT2D eigenvalue weighted by atomic mass is 10.2. The predicted molar refractivity (Wildman–Crippen MR) is 97.2 cm³/mol. The Labute approximate surface area is 154 Å². The number of para-hydroxylation sites is 2. The van der Waals surface area contributed by atoms with Crippen LogP contribution in [0.25, 0.3) is 11.0 Å². The van der Waals surface area contributed by atoms with Gasteiger partial charge in [-0.3, -0.25) is 4.21 Å². The summed E-state index contributed by atoms with van der Waals surface area (Å²) < 4.78 is 18.3. The molecule has 0 unspecified atom stereocenters. The van der Waals surface area contributed by atoms with E-state index < -0.39 is 16.4 Å². The van der Waals surface area contributed by atoms with Crippen LogP contribution < -0.4 is 0 Å². The van der Waals surface area contributed by atoms with E-state index in [0.717, 1.165) is 0 Å². The summed E-state index contributed by atoms with van der Waals surface area (Å²) in [4.78, 5) is 22.4. The fourth-order valence-electron chi connectivity index (χ4n) is 2.64. The van der Waals surface area contributed by atoms with Crippen molar-refractivity contribution in [1.82, 2.24) is 14.9 Å². The Hall–Kier alpha value is -1.73. The molecule has 3 rings (SSSR count). The van der Waals surface area contributed by atoms with Crippen molar-refractivity contribution in [1.29, 1.82) is 0 Å². The molecule has 0 saturated carbocycles. The summed E-state index contributed by atoms with van der Waals surface area (Å²) in [7, 11) is -1.44. The highest BCUT2D eigenvalue weighted by Gasteiger charge is 2.34. The van der Waals surface area contributed by atoms with E-state index >= 15 is 0 Å². The van der Waals surface area contributed by atoms with Gasteiger partial charge in [-0.1, -0.05) is 23.7 Å². The van der Waals surface area contributed by atoms with Crippen molar-refractivity contribution >= 4 is 39.5 Å². The van der Waals surface area contributed by atoms with E-state index in [1.807, 2.05) is 32.9 Å². The molecule has 1 aliphatic heterocycles. The minimum Gasteiger partial charge on any atom is -0.444 e. The molecular weight excluding hydrogens is 362 g/mol. The second-order valence-electron chi connectivity index (χ2n) is 6.94. The molecule has 0 radical (unpaired) electrons. The van der Waals surface area contributed by atoms with Crippen LogP contribution in [0.5, 0.6) is 0 Å². The van der Waals surface area contributed by atoms with Gasteiger partial charge in [0, 0.05) is 13.1 Å². The third-order valence-electron chi connectivity index (χ3n) is 3.79. The first-order chi connectivity index (χ1) is 11.7. The summed E-state index contributed by atoms with van der Waals surface area (Å²) in [6.07, 6.45) is 0.221. The van der Waals surface area contributed by atoms with Gasteiger partial charge < -0.3 is 9.64 Å². The lowest BCUT2D eigenvalue weighted by Gasteiger charge is -2.24. The molecule has 1 aromatic carbocycles. The quantitative estimate of drug-likeness (QED) is 0.797. The molecule has 6 nitrogen and oxygen atoms in total. The number of rotatable bonds is 2. The number of likely N-dealkylation sites (tertiary alicyclic amines) is 1. The van der Waals surface area contributed by atoms with Crippen molar-refractivity contribution in [3.63, 3.8) is 0 Å². The maximum atomic E-state index is 12.9. The molecule has 0 bridgehead atoms. The average Bonchev–Trinajstić information content (AvgIpc) is 3.02. The molecule has 1 aliphatic rings. The Morgan fingerprint density at radius 3 is 2.56 bits per heavy atom. The molecule has 0 N–H and O–H groups in total. The number of benzene rings is 1. The highest BCUT2D eigenvalue weighted by molar-refractivity contribution is 7.85. The number of carbonyl (C=O) groups is 1. The molecule has 2 atom stereocenters. The van der Waals surface area contributed by atoms with E-state index in [-0.39, 0.29) is 21.5 Å². The van der Waals surface area contributed by atoms with Gasteiger partial charge in [0.1, 0.15) is 5.60 Å². The minimum atomic E-state index is -1.44. The van der Waals surface area contributed by atoms with E-state index in [0.29, 0.717) is 30.5 Å². The summed E-state index contributed by atoms with van der Waals surface area (Å²) >= 11 is 6.19. The minimum absolute atomic E-state index is 0.146. The number of nitrogens with zero attached hydrogens (tertiary/aromatic N) is 3. The zero-order valence-electron chi connectivity index (χ0n) is 14.4. The van der Waals surface area contributed by atoms with Crippen LogP contribution in [0.4, 0.5) is 4.79 Å². The smallest absolute Gasteiger partial charge is 0.410 e. The van der Waals surface area contributed by atoms with Gasteiger partial charge >= 0.3 is 6.09 Å². The van der Waals surface area contributed by atoms with Gasteiger partial charge in [0.15, 0.2) is 10.2 Å². The Morgan fingerprint density at radius 1 is 1.28 bits per heavy atom. The van der Waals surface area contributed by atoms with Gasteiger partial charge in [0.25, 0.3) is 0 Å². The second kappa shape index (κ2) is 6.88. The number of aromatic nitrogens is 2. The Bertz CT molecular complexity index is 837. The van der Waals surface area contributed by atoms with E-state index in [1.165, 1.54) is 0 Å². The standard InChI is InChI=1S/C17H20ClN3O3S/c1-17(2,3)24-16(22)21-9-8-11(10-21)25(23)15-14(18)19-12-6-4-5-7-13(12)20-15/h4-7,11H,8-10H2,1-3H3/t11-,25-/m0/s1. The molecule has 1 saturated heterocycles. The molecule has 0 aliphatic carbocycles. The number of halogens is 1. The molecule has 134 valence electrons. The molecule has 1 fully saturated rings. The first kappa shape index (κ1) is 18.1. The molecule has 0 spiro atoms. The Kier molecular flexibility index (Phi) is 4.97. The van der Waals surface area contributed by atoms with Gasteiger partial charge in [-0.25, -0.2) is 14.8 Å². The van der Waals surface area contributed by atoms with Crippen LogP contribution >= 0.6 is 11.6 Å². The van der Waals surface area contributed by atoms with Gasteiger partial charge in [0.05, 0.1) is 27.1 Å². The zero-order chi connectivity index (χ0) is 18.2. The van der Waals surface area contributed by atoms with Crippen molar-refractivity contribution in [2.24, 2.45) is 0 Å². The summed E-state index contributed by atoms with van der Waals surface area (Å²) in [6.45, 7) is 6.32. The van der Waals surface area contributed by atoms with Gasteiger partial charge in [-0.05, 0) is 39.3 Å². The first-order valence-electron chi connectivity index (χ1n) is 8.05. The van der Waals surface area contributed by atoms with Crippen LogP contribution in [-0.4, -0.2) is 49.1 Å². The topological polar surface area (TPSA) is 72.4 Å². The largest absolute Gasteiger partial charge is 0.444 e. The van der Waals surface area contributed by atoms with E-state index in [1.54, 1.807) is 17.0 Å². The van der Waals surface area contributed by atoms with Gasteiger partial charge in [0.2, 0.25) is 0 Å². The van der Waals surface area contributed by atoms with Crippen molar-refractivity contribution in [2.75, 3.05) is 13.1 Å². The van der Waals surface area contributed by atoms with Crippen LogP contribution in [0.3, 0.4) is 0 Å². The fraction of sp³-hybridized carbons (Fsp3) is 0.471. The fourth-order valence-corrected chi connectivity index (χ4v) is 4.36. The maximum Gasteiger partial charge on any atom is 0.410 e. The van der Waals surface area contributed by atoms with Crippen molar-refractivity contribution in [3.05, 3.63) is 29.4 Å². The third kappa shape index (κ3) is 4.10. The normalized spacial score (nSPS) is 19.2. The molecular formula is C17H20ClN3O3S. The van der Waals surface area contributed by atoms with Crippen LogP contribution in [0.1, 0.15) is 27.2 Å². The second-order valence-corrected chi connectivity index (χ2v) is 8.95. The van der Waals surface area contributed by atoms with Crippen molar-refractivity contribution in [2.45, 2.75) is 43.1 Å². The van der Waals surface area contributed by atoms with Crippen LogP contribution in [0, 0.1) is 0 Å². The highest BCUT2D eigenvalue weighted by atomic mass is 35.5. The van der Waals surface area contributed by atoms with Crippen LogP contribution in [-0.2, 0) is 15.5 Å². The number of ether oxygens (including phenoxy) is 1. The zero-order valence-corrected chi connectivity index (χ0v) is 15.9. The number of fused-ring (bicyclic) bond motifs is 1. The van der Waals surface area contributed by atoms with Crippen LogP contribution in [0.15, 0.2) is 29.3 Å². The summed E-state index contributed by atoms with van der Waals surface area (Å²) in [5, 5.41) is 0.185. The lowest BCUT2D eigenvalue weighted by Crippen LogP contribution is -2.36. The Morgan fingerprint density at radius 2 is 1.92 bits per heavy atom. The van der Waals surface area contributed by atoms with Gasteiger partial charge in [-0.2, -0.15) is 0 Å². The lowest BCUT2D eigenvalue weighted by molar-refractivity contribution is 0.0295. The number of hydrogen-bond acceptors (Lipinski definition) is 5. The predicted octanol–water partition coefficient (Wildman–Crippen LogP) is 3.40.